The fraction of sp³-hybridized carbons (Fsp3) is 0.667. The Balaban J connectivity index is 2.71. The van der Waals surface area contributed by atoms with E-state index in [1.807, 2.05) is 10.8 Å². The number of amides is 1. The average molecular weight is 311 g/mol. The molecule has 0 fully saturated rings. The Morgan fingerprint density at radius 3 is 2.64 bits per heavy atom. The predicted octanol–water partition coefficient (Wildman–Crippen LogP) is 1.90. The van der Waals surface area contributed by atoms with Gasteiger partial charge in [0.05, 0.1) is 19.1 Å². The topological polar surface area (TPSA) is 82.5 Å². The third kappa shape index (κ3) is 6.15. The third-order valence-electron chi connectivity index (χ3n) is 2.76. The van der Waals surface area contributed by atoms with E-state index >= 15 is 0 Å². The largest absolute Gasteiger partial charge is 0.467 e. The minimum atomic E-state index is -0.829. The highest BCUT2D eigenvalue weighted by molar-refractivity contribution is 5.81. The molecule has 0 bridgehead atoms. The predicted molar refractivity (Wildman–Crippen MR) is 81.4 cm³/mol. The number of carbonyl (C=O) groups excluding carboxylic acids is 2. The molecule has 0 radical (unpaired) electrons. The summed E-state index contributed by atoms with van der Waals surface area (Å²) in [5.41, 5.74) is 0.0768. The van der Waals surface area contributed by atoms with Gasteiger partial charge in [-0.2, -0.15) is 0 Å². The SMILES string of the molecule is CCCn1cnc(CC(NC(=O)OC(C)(C)C)C(=O)OC)c1. The zero-order valence-electron chi connectivity index (χ0n) is 13.9. The van der Waals surface area contributed by atoms with Crippen molar-refractivity contribution in [1.82, 2.24) is 14.9 Å². The van der Waals surface area contributed by atoms with Crippen LogP contribution in [0.3, 0.4) is 0 Å². The number of imidazole rings is 1. The Morgan fingerprint density at radius 2 is 2.09 bits per heavy atom. The van der Waals surface area contributed by atoms with Crippen LogP contribution in [0.1, 0.15) is 39.8 Å². The van der Waals surface area contributed by atoms with Gasteiger partial charge in [0.1, 0.15) is 11.6 Å². The maximum atomic E-state index is 11.8. The van der Waals surface area contributed by atoms with Gasteiger partial charge in [0, 0.05) is 19.2 Å². The van der Waals surface area contributed by atoms with E-state index in [1.54, 1.807) is 27.1 Å². The van der Waals surface area contributed by atoms with Crippen LogP contribution >= 0.6 is 0 Å². The van der Waals surface area contributed by atoms with E-state index in [2.05, 4.69) is 17.2 Å². The fourth-order valence-corrected chi connectivity index (χ4v) is 1.89. The lowest BCUT2D eigenvalue weighted by molar-refractivity contribution is -0.143. The first-order valence-corrected chi connectivity index (χ1v) is 7.33. The number of methoxy groups -OCH3 is 1. The number of hydrogen-bond acceptors (Lipinski definition) is 5. The maximum Gasteiger partial charge on any atom is 0.408 e. The lowest BCUT2D eigenvalue weighted by Gasteiger charge is -2.22. The molecule has 1 amide bonds. The second kappa shape index (κ2) is 7.82. The van der Waals surface area contributed by atoms with Crippen molar-refractivity contribution in [2.45, 2.75) is 58.7 Å². The summed E-state index contributed by atoms with van der Waals surface area (Å²) in [7, 11) is 1.28. The Bertz CT molecular complexity index is 505. The maximum absolute atomic E-state index is 11.8. The van der Waals surface area contributed by atoms with Crippen LogP contribution in [0.4, 0.5) is 4.79 Å². The van der Waals surface area contributed by atoms with Gasteiger partial charge < -0.3 is 19.4 Å². The molecule has 22 heavy (non-hydrogen) atoms. The molecular formula is C15H25N3O4. The van der Waals surface area contributed by atoms with E-state index in [0.717, 1.165) is 13.0 Å². The normalized spacial score (nSPS) is 12.6. The number of rotatable bonds is 6. The summed E-state index contributed by atoms with van der Waals surface area (Å²) in [6.07, 6.45) is 4.15. The molecule has 7 heteroatoms. The molecule has 0 saturated carbocycles. The highest BCUT2D eigenvalue weighted by Gasteiger charge is 2.26. The number of nitrogens with one attached hydrogen (secondary N) is 1. The zero-order chi connectivity index (χ0) is 16.8. The van der Waals surface area contributed by atoms with Crippen molar-refractivity contribution in [3.05, 3.63) is 18.2 Å². The Hall–Kier alpha value is -2.05. The van der Waals surface area contributed by atoms with E-state index in [4.69, 9.17) is 9.47 Å². The number of aromatic nitrogens is 2. The second-order valence-electron chi connectivity index (χ2n) is 6.03. The van der Waals surface area contributed by atoms with Crippen molar-refractivity contribution in [3.8, 4) is 0 Å². The molecule has 1 atom stereocenters. The molecule has 124 valence electrons. The summed E-state index contributed by atoms with van der Waals surface area (Å²) in [6, 6.07) is -0.829. The Kier molecular flexibility index (Phi) is 6.39. The van der Waals surface area contributed by atoms with Gasteiger partial charge in [0.25, 0.3) is 0 Å². The van der Waals surface area contributed by atoms with Crippen LogP contribution in [0.5, 0.6) is 0 Å². The molecule has 1 unspecified atom stereocenters. The molecule has 0 aliphatic rings. The lowest BCUT2D eigenvalue weighted by atomic mass is 10.1. The standard InChI is InChI=1S/C15H25N3O4/c1-6-7-18-9-11(16-10-18)8-12(13(19)21-5)17-14(20)22-15(2,3)4/h9-10,12H,6-8H2,1-5H3,(H,17,20). The number of aryl methyl sites for hydroxylation is 1. The molecule has 1 rings (SSSR count). The van der Waals surface area contributed by atoms with E-state index < -0.39 is 23.7 Å². The van der Waals surface area contributed by atoms with E-state index in [9.17, 15) is 9.59 Å². The highest BCUT2D eigenvalue weighted by Crippen LogP contribution is 2.08. The number of hydrogen-bond donors (Lipinski definition) is 1. The van der Waals surface area contributed by atoms with Gasteiger partial charge in [-0.05, 0) is 27.2 Å². The monoisotopic (exact) mass is 311 g/mol. The first kappa shape index (κ1) is 18.0. The van der Waals surface area contributed by atoms with E-state index in [-0.39, 0.29) is 6.42 Å². The van der Waals surface area contributed by atoms with Crippen molar-refractivity contribution in [2.24, 2.45) is 0 Å². The number of esters is 1. The van der Waals surface area contributed by atoms with Crippen molar-refractivity contribution in [2.75, 3.05) is 7.11 Å². The van der Waals surface area contributed by atoms with Gasteiger partial charge in [-0.15, -0.1) is 0 Å². The molecule has 1 aromatic rings. The Labute approximate surface area is 131 Å². The number of alkyl carbamates (subject to hydrolysis) is 1. The molecule has 0 aromatic carbocycles. The lowest BCUT2D eigenvalue weighted by Crippen LogP contribution is -2.45. The summed E-state index contributed by atoms with van der Waals surface area (Å²) < 4.78 is 11.8. The number of carbonyl (C=O) groups is 2. The molecule has 0 saturated heterocycles. The van der Waals surface area contributed by atoms with E-state index in [0.29, 0.717) is 5.69 Å². The molecular weight excluding hydrogens is 286 g/mol. The molecule has 1 heterocycles. The summed E-state index contributed by atoms with van der Waals surface area (Å²) in [6.45, 7) is 8.20. The molecule has 0 aliphatic heterocycles. The summed E-state index contributed by atoms with van der Waals surface area (Å²) in [5, 5.41) is 2.53. The van der Waals surface area contributed by atoms with Crippen LogP contribution in [0.25, 0.3) is 0 Å². The van der Waals surface area contributed by atoms with Gasteiger partial charge in [0.2, 0.25) is 0 Å². The van der Waals surface area contributed by atoms with Gasteiger partial charge >= 0.3 is 12.1 Å². The van der Waals surface area contributed by atoms with Crippen molar-refractivity contribution in [3.63, 3.8) is 0 Å². The van der Waals surface area contributed by atoms with Crippen LogP contribution in [0, 0.1) is 0 Å². The van der Waals surface area contributed by atoms with Gasteiger partial charge in [-0.25, -0.2) is 14.6 Å². The zero-order valence-corrected chi connectivity index (χ0v) is 13.9. The van der Waals surface area contributed by atoms with Crippen molar-refractivity contribution in [1.29, 1.82) is 0 Å². The van der Waals surface area contributed by atoms with E-state index in [1.165, 1.54) is 7.11 Å². The summed E-state index contributed by atoms with van der Waals surface area (Å²) in [4.78, 5) is 27.9. The molecule has 0 spiro atoms. The molecule has 7 nitrogen and oxygen atoms in total. The smallest absolute Gasteiger partial charge is 0.408 e. The molecule has 1 aromatic heterocycles. The molecule has 1 N–H and O–H groups in total. The number of ether oxygens (including phenoxy) is 2. The second-order valence-corrected chi connectivity index (χ2v) is 6.03. The van der Waals surface area contributed by atoms with Crippen LogP contribution in [-0.4, -0.2) is 40.4 Å². The van der Waals surface area contributed by atoms with Crippen LogP contribution < -0.4 is 5.32 Å². The summed E-state index contributed by atoms with van der Waals surface area (Å²) >= 11 is 0. The van der Waals surface area contributed by atoms with Crippen LogP contribution in [0.15, 0.2) is 12.5 Å². The summed E-state index contributed by atoms with van der Waals surface area (Å²) in [5.74, 6) is -0.532. The van der Waals surface area contributed by atoms with Gasteiger partial charge in [0.15, 0.2) is 0 Å². The van der Waals surface area contributed by atoms with Crippen molar-refractivity contribution >= 4 is 12.1 Å². The van der Waals surface area contributed by atoms with Gasteiger partial charge in [-0.3, -0.25) is 0 Å². The van der Waals surface area contributed by atoms with Crippen LogP contribution in [-0.2, 0) is 27.2 Å². The number of nitrogens with zero attached hydrogens (tertiary/aromatic N) is 2. The van der Waals surface area contributed by atoms with Crippen LogP contribution in [0.2, 0.25) is 0 Å². The fourth-order valence-electron chi connectivity index (χ4n) is 1.89. The third-order valence-corrected chi connectivity index (χ3v) is 2.76. The first-order valence-electron chi connectivity index (χ1n) is 7.33. The van der Waals surface area contributed by atoms with Crippen molar-refractivity contribution < 1.29 is 19.1 Å². The first-order chi connectivity index (χ1) is 10.2. The Morgan fingerprint density at radius 1 is 1.41 bits per heavy atom. The quantitative estimate of drug-likeness (QED) is 0.811. The average Bonchev–Trinajstić information content (AvgIpc) is 2.82. The minimum absolute atomic E-state index is 0.253. The highest BCUT2D eigenvalue weighted by atomic mass is 16.6. The molecule has 0 aliphatic carbocycles. The minimum Gasteiger partial charge on any atom is -0.467 e. The van der Waals surface area contributed by atoms with Gasteiger partial charge in [-0.1, -0.05) is 6.92 Å².